The largest absolute Gasteiger partial charge is 0.493 e. The van der Waals surface area contributed by atoms with E-state index in [0.29, 0.717) is 11.5 Å². The number of ether oxygens (including phenoxy) is 5. The van der Waals surface area contributed by atoms with Crippen molar-refractivity contribution in [3.8, 4) is 34.5 Å². The third-order valence-corrected chi connectivity index (χ3v) is 6.63. The van der Waals surface area contributed by atoms with E-state index < -0.39 is 15.9 Å². The second-order valence-corrected chi connectivity index (χ2v) is 10.1. The molecule has 3 aromatic carbocycles. The number of anilines is 1. The first-order valence-electron chi connectivity index (χ1n) is 11.7. The molecule has 1 amide bonds. The van der Waals surface area contributed by atoms with Crippen molar-refractivity contribution in [3.63, 3.8) is 0 Å². The molecule has 4 rings (SSSR count). The Kier molecular flexibility index (Phi) is 8.13. The van der Waals surface area contributed by atoms with Crippen LogP contribution >= 0.6 is 0 Å². The van der Waals surface area contributed by atoms with Crippen LogP contribution in [-0.2, 0) is 10.0 Å². The van der Waals surface area contributed by atoms with Crippen molar-refractivity contribution in [2.24, 2.45) is 0 Å². The zero-order chi connectivity index (χ0) is 27.3. The number of benzene rings is 3. The van der Waals surface area contributed by atoms with E-state index >= 15 is 0 Å². The van der Waals surface area contributed by atoms with Crippen molar-refractivity contribution >= 4 is 21.6 Å². The Morgan fingerprint density at radius 3 is 2.47 bits per heavy atom. The van der Waals surface area contributed by atoms with Crippen molar-refractivity contribution in [1.29, 1.82) is 0 Å². The van der Waals surface area contributed by atoms with E-state index in [-0.39, 0.29) is 65.2 Å². The Labute approximate surface area is 220 Å². The first kappa shape index (κ1) is 26.9. The summed E-state index contributed by atoms with van der Waals surface area (Å²) in [5, 5.41) is 12.1. The van der Waals surface area contributed by atoms with E-state index in [2.05, 4.69) is 10.0 Å². The Balaban J connectivity index is 1.83. The third kappa shape index (κ3) is 6.03. The van der Waals surface area contributed by atoms with E-state index in [1.165, 1.54) is 37.4 Å². The molecule has 0 saturated heterocycles. The van der Waals surface area contributed by atoms with Crippen LogP contribution in [0, 0.1) is 0 Å². The lowest BCUT2D eigenvalue weighted by Crippen LogP contribution is -2.30. The van der Waals surface area contributed by atoms with E-state index in [9.17, 15) is 18.3 Å². The Hall–Kier alpha value is -4.16. The molecule has 1 aliphatic rings. The number of aliphatic hydroxyl groups excluding tert-OH is 1. The summed E-state index contributed by atoms with van der Waals surface area (Å²) >= 11 is 0. The zero-order valence-electron chi connectivity index (χ0n) is 21.0. The average molecular weight is 545 g/mol. The van der Waals surface area contributed by atoms with Gasteiger partial charge < -0.3 is 34.1 Å². The SMILES string of the molecule is COc1ccccc1Oc1c(NS(=O)(=O)c2ccc3c(c2)OCO3)cc(C(=O)NC(C)C)cc1OCCO. The minimum absolute atomic E-state index is 0.0122. The molecule has 38 heavy (non-hydrogen) atoms. The molecule has 202 valence electrons. The van der Waals surface area contributed by atoms with Gasteiger partial charge in [-0.1, -0.05) is 12.1 Å². The van der Waals surface area contributed by atoms with E-state index in [1.54, 1.807) is 38.1 Å². The van der Waals surface area contributed by atoms with Gasteiger partial charge in [-0.15, -0.1) is 0 Å². The van der Waals surface area contributed by atoms with Crippen LogP contribution in [0.4, 0.5) is 5.69 Å². The lowest BCUT2D eigenvalue weighted by atomic mass is 10.1. The number of amides is 1. The van der Waals surface area contributed by atoms with Crippen LogP contribution in [0.25, 0.3) is 0 Å². The van der Waals surface area contributed by atoms with Crippen LogP contribution in [0.2, 0.25) is 0 Å². The number of fused-ring (bicyclic) bond motifs is 1. The summed E-state index contributed by atoms with van der Waals surface area (Å²) in [5.41, 5.74) is 0.0420. The number of hydrogen-bond acceptors (Lipinski definition) is 9. The summed E-state index contributed by atoms with van der Waals surface area (Å²) in [6.07, 6.45) is 0. The fourth-order valence-electron chi connectivity index (χ4n) is 3.58. The van der Waals surface area contributed by atoms with Crippen molar-refractivity contribution in [2.45, 2.75) is 24.8 Å². The van der Waals surface area contributed by atoms with Crippen LogP contribution < -0.4 is 33.7 Å². The van der Waals surface area contributed by atoms with Gasteiger partial charge in [-0.25, -0.2) is 8.42 Å². The number of para-hydroxylation sites is 2. The van der Waals surface area contributed by atoms with Gasteiger partial charge in [-0.2, -0.15) is 0 Å². The number of methoxy groups -OCH3 is 1. The van der Waals surface area contributed by atoms with Crippen LogP contribution in [0.3, 0.4) is 0 Å². The quantitative estimate of drug-likeness (QED) is 0.330. The summed E-state index contributed by atoms with van der Waals surface area (Å²) in [7, 11) is -2.74. The van der Waals surface area contributed by atoms with Gasteiger partial charge in [0.15, 0.2) is 34.5 Å². The van der Waals surface area contributed by atoms with Gasteiger partial charge in [0.2, 0.25) is 6.79 Å². The maximum Gasteiger partial charge on any atom is 0.262 e. The summed E-state index contributed by atoms with van der Waals surface area (Å²) < 4.78 is 57.1. The smallest absolute Gasteiger partial charge is 0.262 e. The number of nitrogens with one attached hydrogen (secondary N) is 2. The molecule has 3 aromatic rings. The number of aliphatic hydroxyl groups is 1. The molecular weight excluding hydrogens is 516 g/mol. The predicted octanol–water partition coefficient (Wildman–Crippen LogP) is 3.53. The van der Waals surface area contributed by atoms with Crippen molar-refractivity contribution in [1.82, 2.24) is 5.32 Å². The molecule has 1 heterocycles. The van der Waals surface area contributed by atoms with Crippen LogP contribution in [0.5, 0.6) is 34.5 Å². The number of carbonyl (C=O) groups is 1. The van der Waals surface area contributed by atoms with Gasteiger partial charge in [0.1, 0.15) is 6.61 Å². The van der Waals surface area contributed by atoms with E-state index in [4.69, 9.17) is 23.7 Å². The minimum Gasteiger partial charge on any atom is -0.493 e. The Morgan fingerprint density at radius 2 is 1.76 bits per heavy atom. The molecule has 11 nitrogen and oxygen atoms in total. The molecule has 0 radical (unpaired) electrons. The normalized spacial score (nSPS) is 12.2. The van der Waals surface area contributed by atoms with E-state index in [0.717, 1.165) is 0 Å². The van der Waals surface area contributed by atoms with Crippen LogP contribution in [0.1, 0.15) is 24.2 Å². The van der Waals surface area contributed by atoms with Crippen molar-refractivity contribution < 1.29 is 42.0 Å². The molecule has 0 spiro atoms. The molecule has 0 aromatic heterocycles. The maximum absolute atomic E-state index is 13.4. The molecule has 12 heteroatoms. The van der Waals surface area contributed by atoms with Crippen LogP contribution in [0.15, 0.2) is 59.5 Å². The lowest BCUT2D eigenvalue weighted by molar-refractivity contribution is 0.0942. The highest BCUT2D eigenvalue weighted by Crippen LogP contribution is 2.44. The molecule has 0 fully saturated rings. The van der Waals surface area contributed by atoms with Gasteiger partial charge in [0, 0.05) is 17.7 Å². The van der Waals surface area contributed by atoms with Crippen molar-refractivity contribution in [3.05, 3.63) is 60.2 Å². The van der Waals surface area contributed by atoms with Gasteiger partial charge in [-0.05, 0) is 50.2 Å². The minimum atomic E-state index is -4.20. The van der Waals surface area contributed by atoms with Gasteiger partial charge in [0.25, 0.3) is 15.9 Å². The number of rotatable bonds is 11. The summed E-state index contributed by atoms with van der Waals surface area (Å²) in [6, 6.07) is 13.5. The third-order valence-electron chi connectivity index (χ3n) is 5.27. The standard InChI is InChI=1S/C26H28N2O9S/c1-16(2)27-26(30)17-12-19(28-38(31,32)18-8-9-21-23(14-18)36-15-35-21)25(24(13-17)34-11-10-29)37-22-7-5-4-6-20(22)33-3/h4-9,12-14,16,28-29H,10-11,15H2,1-3H3,(H,27,30). The number of carbonyl (C=O) groups excluding carboxylic acids is 1. The predicted molar refractivity (Wildman–Crippen MR) is 138 cm³/mol. The number of sulfonamides is 1. The second kappa shape index (κ2) is 11.5. The van der Waals surface area contributed by atoms with Crippen LogP contribution in [-0.4, -0.2) is 52.6 Å². The highest BCUT2D eigenvalue weighted by Gasteiger charge is 2.26. The highest BCUT2D eigenvalue weighted by molar-refractivity contribution is 7.92. The molecule has 0 aliphatic carbocycles. The first-order chi connectivity index (χ1) is 18.2. The maximum atomic E-state index is 13.4. The van der Waals surface area contributed by atoms with Gasteiger partial charge >= 0.3 is 0 Å². The molecule has 0 bridgehead atoms. The Bertz CT molecular complexity index is 1420. The molecule has 0 unspecified atom stereocenters. The fourth-order valence-corrected chi connectivity index (χ4v) is 4.65. The summed E-state index contributed by atoms with van der Waals surface area (Å²) in [6.45, 7) is 3.12. The molecule has 0 saturated carbocycles. The highest BCUT2D eigenvalue weighted by atomic mass is 32.2. The number of hydrogen-bond donors (Lipinski definition) is 3. The summed E-state index contributed by atoms with van der Waals surface area (Å²) in [4.78, 5) is 12.8. The fraction of sp³-hybridized carbons (Fsp3) is 0.269. The topological polar surface area (TPSA) is 142 Å². The lowest BCUT2D eigenvalue weighted by Gasteiger charge is -2.20. The van der Waals surface area contributed by atoms with Gasteiger partial charge in [-0.3, -0.25) is 9.52 Å². The molecular formula is C26H28N2O9S. The molecule has 0 atom stereocenters. The van der Waals surface area contributed by atoms with Crippen molar-refractivity contribution in [2.75, 3.05) is 31.8 Å². The summed E-state index contributed by atoms with van der Waals surface area (Å²) in [5.74, 6) is 0.907. The van der Waals surface area contributed by atoms with Gasteiger partial charge in [0.05, 0.1) is 24.3 Å². The average Bonchev–Trinajstić information content (AvgIpc) is 3.36. The zero-order valence-corrected chi connectivity index (χ0v) is 21.8. The molecule has 1 aliphatic heterocycles. The first-order valence-corrected chi connectivity index (χ1v) is 13.2. The second-order valence-electron chi connectivity index (χ2n) is 8.42. The van der Waals surface area contributed by atoms with E-state index in [1.807, 2.05) is 0 Å². The molecule has 3 N–H and O–H groups in total. The monoisotopic (exact) mass is 544 g/mol. The Morgan fingerprint density at radius 1 is 1.03 bits per heavy atom.